The first-order valence-corrected chi connectivity index (χ1v) is 7.33. The van der Waals surface area contributed by atoms with Crippen LogP contribution in [0.5, 0.6) is 0 Å². The van der Waals surface area contributed by atoms with Crippen LogP contribution in [0.15, 0.2) is 6.07 Å². The molecule has 2 atom stereocenters. The van der Waals surface area contributed by atoms with Crippen LogP contribution in [0.25, 0.3) is 0 Å². The van der Waals surface area contributed by atoms with Crippen LogP contribution in [0.2, 0.25) is 8.67 Å². The highest BCUT2D eigenvalue weighted by Gasteiger charge is 2.27. The molecular formula is C12H17Cl2NS. The molecule has 0 radical (unpaired) electrons. The highest BCUT2D eigenvalue weighted by molar-refractivity contribution is 7.20. The maximum Gasteiger partial charge on any atom is 0.0991 e. The topological polar surface area (TPSA) is 12.0 Å². The molecule has 1 aromatic rings. The molecule has 0 spiro atoms. The summed E-state index contributed by atoms with van der Waals surface area (Å²) < 4.78 is 1.58. The minimum absolute atomic E-state index is 0.289. The largest absolute Gasteiger partial charge is 0.310 e. The van der Waals surface area contributed by atoms with Crippen LogP contribution < -0.4 is 5.32 Å². The van der Waals surface area contributed by atoms with Crippen molar-refractivity contribution in [1.82, 2.24) is 5.32 Å². The van der Waals surface area contributed by atoms with Gasteiger partial charge in [0.1, 0.15) is 0 Å². The van der Waals surface area contributed by atoms with E-state index in [-0.39, 0.29) is 6.04 Å². The van der Waals surface area contributed by atoms with Crippen molar-refractivity contribution >= 4 is 34.5 Å². The first-order chi connectivity index (χ1) is 7.58. The zero-order valence-electron chi connectivity index (χ0n) is 9.59. The van der Waals surface area contributed by atoms with E-state index in [0.717, 1.165) is 32.6 Å². The molecule has 2 rings (SSSR count). The van der Waals surface area contributed by atoms with Crippen molar-refractivity contribution in [2.45, 2.75) is 32.7 Å². The van der Waals surface area contributed by atoms with Gasteiger partial charge in [0, 0.05) is 6.04 Å². The smallest absolute Gasteiger partial charge is 0.0991 e. The van der Waals surface area contributed by atoms with Crippen molar-refractivity contribution in [3.05, 3.63) is 20.3 Å². The molecular weight excluding hydrogens is 261 g/mol. The zero-order chi connectivity index (χ0) is 11.7. The van der Waals surface area contributed by atoms with E-state index in [1.165, 1.54) is 24.2 Å². The third kappa shape index (κ3) is 3.13. The first-order valence-electron chi connectivity index (χ1n) is 5.76. The number of hydrogen-bond donors (Lipinski definition) is 1. The minimum atomic E-state index is 0.289. The lowest BCUT2D eigenvalue weighted by atomic mass is 10.1. The van der Waals surface area contributed by atoms with E-state index >= 15 is 0 Å². The predicted molar refractivity (Wildman–Crippen MR) is 72.6 cm³/mol. The molecule has 1 nitrogen and oxygen atoms in total. The van der Waals surface area contributed by atoms with E-state index in [0.29, 0.717) is 0 Å². The van der Waals surface area contributed by atoms with Crippen molar-refractivity contribution in [3.8, 4) is 0 Å². The molecule has 1 N–H and O–H groups in total. The van der Waals surface area contributed by atoms with Crippen molar-refractivity contribution in [2.24, 2.45) is 11.8 Å². The van der Waals surface area contributed by atoms with Gasteiger partial charge in [-0.15, -0.1) is 11.3 Å². The summed E-state index contributed by atoms with van der Waals surface area (Å²) in [5.74, 6) is 1.72. The molecule has 0 amide bonds. The lowest BCUT2D eigenvalue weighted by molar-refractivity contribution is 0.432. The standard InChI is InChI=1S/C12H17Cl2NS/c1-7(9-3-4-9)6-15-8(2)10-5-11(13)16-12(10)14/h5,7-9,15H,3-4,6H2,1-2H3. The zero-order valence-corrected chi connectivity index (χ0v) is 11.9. The fraction of sp³-hybridized carbons (Fsp3) is 0.667. The molecule has 1 fully saturated rings. The van der Waals surface area contributed by atoms with Gasteiger partial charge in [-0.25, -0.2) is 0 Å². The second-order valence-electron chi connectivity index (χ2n) is 4.72. The highest BCUT2D eigenvalue weighted by Crippen LogP contribution is 2.37. The lowest BCUT2D eigenvalue weighted by Crippen LogP contribution is -2.25. The van der Waals surface area contributed by atoms with Crippen LogP contribution in [-0.4, -0.2) is 6.54 Å². The average Bonchev–Trinajstić information content (AvgIpc) is 3.01. The SMILES string of the molecule is CC(NCC(C)C1CC1)c1cc(Cl)sc1Cl. The number of rotatable bonds is 5. The summed E-state index contributed by atoms with van der Waals surface area (Å²) in [5, 5.41) is 3.54. The van der Waals surface area contributed by atoms with Gasteiger partial charge in [-0.05, 0) is 49.8 Å². The van der Waals surface area contributed by atoms with Gasteiger partial charge >= 0.3 is 0 Å². The van der Waals surface area contributed by atoms with Crippen LogP contribution in [0, 0.1) is 11.8 Å². The molecule has 0 saturated heterocycles. The van der Waals surface area contributed by atoms with E-state index in [1.54, 1.807) is 0 Å². The monoisotopic (exact) mass is 277 g/mol. The van der Waals surface area contributed by atoms with Crippen LogP contribution in [0.1, 0.15) is 38.3 Å². The van der Waals surface area contributed by atoms with Gasteiger partial charge in [0.15, 0.2) is 0 Å². The van der Waals surface area contributed by atoms with E-state index in [1.807, 2.05) is 6.07 Å². The van der Waals surface area contributed by atoms with Crippen molar-refractivity contribution < 1.29 is 0 Å². The molecule has 1 saturated carbocycles. The fourth-order valence-electron chi connectivity index (χ4n) is 1.95. The molecule has 0 aliphatic heterocycles. The Morgan fingerprint density at radius 1 is 1.44 bits per heavy atom. The van der Waals surface area contributed by atoms with E-state index in [2.05, 4.69) is 19.2 Å². The summed E-state index contributed by atoms with van der Waals surface area (Å²) in [6.45, 7) is 5.53. The second-order valence-corrected chi connectivity index (χ2v) is 7.01. The van der Waals surface area contributed by atoms with Crippen molar-refractivity contribution in [1.29, 1.82) is 0 Å². The average molecular weight is 278 g/mol. The van der Waals surface area contributed by atoms with Gasteiger partial charge < -0.3 is 5.32 Å². The summed E-state index contributed by atoms with van der Waals surface area (Å²) >= 11 is 13.5. The molecule has 16 heavy (non-hydrogen) atoms. The number of halogens is 2. The highest BCUT2D eigenvalue weighted by atomic mass is 35.5. The Hall–Kier alpha value is 0.240. The summed E-state index contributed by atoms with van der Waals surface area (Å²) in [4.78, 5) is 0. The van der Waals surface area contributed by atoms with Gasteiger partial charge in [0.05, 0.1) is 8.67 Å². The molecule has 1 heterocycles. The molecule has 1 aromatic heterocycles. The Morgan fingerprint density at radius 3 is 2.62 bits per heavy atom. The Balaban J connectivity index is 1.87. The molecule has 1 aliphatic carbocycles. The summed E-state index contributed by atoms with van der Waals surface area (Å²) in [6, 6.07) is 2.26. The molecule has 2 unspecified atom stereocenters. The van der Waals surface area contributed by atoms with Crippen LogP contribution in [0.4, 0.5) is 0 Å². The quantitative estimate of drug-likeness (QED) is 0.819. The van der Waals surface area contributed by atoms with Crippen molar-refractivity contribution in [3.63, 3.8) is 0 Å². The van der Waals surface area contributed by atoms with E-state index in [4.69, 9.17) is 23.2 Å². The third-order valence-electron chi connectivity index (χ3n) is 3.32. The van der Waals surface area contributed by atoms with Gasteiger partial charge in [0.2, 0.25) is 0 Å². The van der Waals surface area contributed by atoms with Gasteiger partial charge in [0.25, 0.3) is 0 Å². The Bertz CT molecular complexity index is 360. The second kappa shape index (κ2) is 5.26. The predicted octanol–water partition coefficient (Wildman–Crippen LogP) is 4.75. The Kier molecular flexibility index (Phi) is 4.17. The third-order valence-corrected chi connectivity index (χ3v) is 4.84. The summed E-state index contributed by atoms with van der Waals surface area (Å²) in [5.41, 5.74) is 1.12. The van der Waals surface area contributed by atoms with E-state index < -0.39 is 0 Å². The summed E-state index contributed by atoms with van der Waals surface area (Å²) in [6.07, 6.45) is 2.81. The minimum Gasteiger partial charge on any atom is -0.310 e. The Morgan fingerprint density at radius 2 is 2.12 bits per heavy atom. The van der Waals surface area contributed by atoms with Crippen LogP contribution >= 0.6 is 34.5 Å². The Labute approximate surface area is 111 Å². The number of hydrogen-bond acceptors (Lipinski definition) is 2. The van der Waals surface area contributed by atoms with Crippen LogP contribution in [-0.2, 0) is 0 Å². The molecule has 4 heteroatoms. The molecule has 0 aromatic carbocycles. The normalized spacial score (nSPS) is 19.8. The maximum atomic E-state index is 6.12. The molecule has 0 bridgehead atoms. The lowest BCUT2D eigenvalue weighted by Gasteiger charge is -2.17. The van der Waals surface area contributed by atoms with Gasteiger partial charge in [-0.2, -0.15) is 0 Å². The van der Waals surface area contributed by atoms with Crippen LogP contribution in [0.3, 0.4) is 0 Å². The molecule has 1 aliphatic rings. The fourth-order valence-corrected chi connectivity index (χ4v) is 3.60. The van der Waals surface area contributed by atoms with Gasteiger partial charge in [-0.1, -0.05) is 30.1 Å². The van der Waals surface area contributed by atoms with Crippen molar-refractivity contribution in [2.75, 3.05) is 6.54 Å². The number of thiophene rings is 1. The number of nitrogens with one attached hydrogen (secondary N) is 1. The summed E-state index contributed by atoms with van der Waals surface area (Å²) in [7, 11) is 0. The first kappa shape index (κ1) is 12.7. The maximum absolute atomic E-state index is 6.12. The molecule has 90 valence electrons. The van der Waals surface area contributed by atoms with Gasteiger partial charge in [-0.3, -0.25) is 0 Å². The van der Waals surface area contributed by atoms with E-state index in [9.17, 15) is 0 Å².